The van der Waals surface area contributed by atoms with Crippen molar-refractivity contribution < 1.29 is 14.3 Å². The predicted molar refractivity (Wildman–Crippen MR) is 72.3 cm³/mol. The molecule has 0 radical (unpaired) electrons. The first-order chi connectivity index (χ1) is 9.58. The molecule has 2 aliphatic carbocycles. The number of aromatic nitrogens is 2. The Morgan fingerprint density at radius 2 is 2.10 bits per heavy atom. The van der Waals surface area contributed by atoms with Crippen LogP contribution in [0, 0.1) is 11.3 Å². The second kappa shape index (κ2) is 5.19. The molecule has 0 aromatic carbocycles. The quantitative estimate of drug-likeness (QED) is 0.865. The summed E-state index contributed by atoms with van der Waals surface area (Å²) in [6, 6.07) is 0. The SMILES string of the molecule is CC(c1nnc(CC2(CC(=O)O)CCCC2)o1)C1CC1. The largest absolute Gasteiger partial charge is 0.481 e. The number of nitrogens with zero attached hydrogens (tertiary/aromatic N) is 2. The van der Waals surface area contributed by atoms with E-state index in [1.807, 2.05) is 0 Å². The van der Waals surface area contributed by atoms with E-state index in [9.17, 15) is 4.79 Å². The van der Waals surface area contributed by atoms with Crippen LogP contribution in [0.3, 0.4) is 0 Å². The molecular weight excluding hydrogens is 256 g/mol. The van der Waals surface area contributed by atoms with Crippen molar-refractivity contribution in [2.24, 2.45) is 11.3 Å². The molecule has 0 bridgehead atoms. The molecule has 3 rings (SSSR count). The summed E-state index contributed by atoms with van der Waals surface area (Å²) in [5.74, 6) is 1.66. The number of hydrogen-bond donors (Lipinski definition) is 1. The Kier molecular flexibility index (Phi) is 3.52. The van der Waals surface area contributed by atoms with E-state index in [0.717, 1.165) is 31.6 Å². The number of carbonyl (C=O) groups is 1. The highest BCUT2D eigenvalue weighted by molar-refractivity contribution is 5.67. The van der Waals surface area contributed by atoms with E-state index in [0.29, 0.717) is 24.1 Å². The summed E-state index contributed by atoms with van der Waals surface area (Å²) in [7, 11) is 0. The molecule has 0 spiro atoms. The Labute approximate surface area is 118 Å². The molecule has 110 valence electrons. The zero-order chi connectivity index (χ0) is 14.2. The van der Waals surface area contributed by atoms with Gasteiger partial charge in [0.1, 0.15) is 0 Å². The maximum absolute atomic E-state index is 11.1. The van der Waals surface area contributed by atoms with Crippen LogP contribution in [0.4, 0.5) is 0 Å². The topological polar surface area (TPSA) is 76.2 Å². The first kappa shape index (κ1) is 13.6. The lowest BCUT2D eigenvalue weighted by Crippen LogP contribution is -2.24. The third-order valence-electron chi connectivity index (χ3n) is 4.92. The van der Waals surface area contributed by atoms with Crippen LogP contribution >= 0.6 is 0 Å². The van der Waals surface area contributed by atoms with Crippen molar-refractivity contribution in [2.75, 3.05) is 0 Å². The Morgan fingerprint density at radius 1 is 1.40 bits per heavy atom. The third kappa shape index (κ3) is 2.86. The van der Waals surface area contributed by atoms with Gasteiger partial charge in [-0.05, 0) is 37.0 Å². The van der Waals surface area contributed by atoms with Gasteiger partial charge >= 0.3 is 5.97 Å². The first-order valence-electron chi connectivity index (χ1n) is 7.62. The molecule has 1 atom stereocenters. The van der Waals surface area contributed by atoms with E-state index in [-0.39, 0.29) is 11.8 Å². The van der Waals surface area contributed by atoms with Crippen molar-refractivity contribution >= 4 is 5.97 Å². The monoisotopic (exact) mass is 278 g/mol. The average molecular weight is 278 g/mol. The average Bonchev–Trinajstić information content (AvgIpc) is 2.99. The standard InChI is InChI=1S/C15H22N2O3/c1-10(11-4-5-11)14-17-16-12(20-14)8-15(9-13(18)19)6-2-3-7-15/h10-11H,2-9H2,1H3,(H,18,19). The second-order valence-corrected chi connectivity index (χ2v) is 6.61. The molecule has 1 aromatic heterocycles. The molecule has 5 heteroatoms. The molecule has 2 fully saturated rings. The fourth-order valence-corrected chi connectivity index (χ4v) is 3.50. The number of aliphatic carboxylic acids is 1. The first-order valence-corrected chi connectivity index (χ1v) is 7.62. The van der Waals surface area contributed by atoms with Gasteiger partial charge in [0.05, 0.1) is 6.42 Å². The van der Waals surface area contributed by atoms with Gasteiger partial charge in [-0.1, -0.05) is 19.8 Å². The molecule has 1 heterocycles. The predicted octanol–water partition coefficient (Wildman–Crippen LogP) is 3.16. The lowest BCUT2D eigenvalue weighted by atomic mass is 9.79. The zero-order valence-electron chi connectivity index (χ0n) is 12.0. The van der Waals surface area contributed by atoms with Crippen LogP contribution in [0.15, 0.2) is 4.42 Å². The number of hydrogen-bond acceptors (Lipinski definition) is 4. The van der Waals surface area contributed by atoms with Crippen LogP contribution in [0.2, 0.25) is 0 Å². The second-order valence-electron chi connectivity index (χ2n) is 6.61. The Morgan fingerprint density at radius 3 is 2.70 bits per heavy atom. The minimum atomic E-state index is -0.724. The maximum atomic E-state index is 11.1. The lowest BCUT2D eigenvalue weighted by Gasteiger charge is -2.24. The van der Waals surface area contributed by atoms with E-state index >= 15 is 0 Å². The van der Waals surface area contributed by atoms with Gasteiger partial charge in [0.2, 0.25) is 11.8 Å². The van der Waals surface area contributed by atoms with E-state index < -0.39 is 5.97 Å². The molecule has 0 amide bonds. The van der Waals surface area contributed by atoms with Crippen molar-refractivity contribution in [3.63, 3.8) is 0 Å². The summed E-state index contributed by atoms with van der Waals surface area (Å²) in [6.07, 6.45) is 7.44. The summed E-state index contributed by atoms with van der Waals surface area (Å²) in [6.45, 7) is 2.14. The van der Waals surface area contributed by atoms with Crippen molar-refractivity contribution in [3.05, 3.63) is 11.8 Å². The minimum Gasteiger partial charge on any atom is -0.481 e. The fourth-order valence-electron chi connectivity index (χ4n) is 3.50. The van der Waals surface area contributed by atoms with Gasteiger partial charge in [-0.15, -0.1) is 10.2 Å². The molecule has 2 aliphatic rings. The Bertz CT molecular complexity index is 487. The van der Waals surface area contributed by atoms with Crippen LogP contribution < -0.4 is 0 Å². The summed E-state index contributed by atoms with van der Waals surface area (Å²) in [4.78, 5) is 11.1. The Hall–Kier alpha value is -1.39. The van der Waals surface area contributed by atoms with Crippen molar-refractivity contribution in [1.82, 2.24) is 10.2 Å². The van der Waals surface area contributed by atoms with Crippen LogP contribution in [-0.4, -0.2) is 21.3 Å². The number of carboxylic acid groups (broad SMARTS) is 1. The molecule has 0 aliphatic heterocycles. The van der Waals surface area contributed by atoms with Crippen LogP contribution in [0.25, 0.3) is 0 Å². The maximum Gasteiger partial charge on any atom is 0.303 e. The highest BCUT2D eigenvalue weighted by Crippen LogP contribution is 2.45. The van der Waals surface area contributed by atoms with Gasteiger partial charge in [0.15, 0.2) is 0 Å². The van der Waals surface area contributed by atoms with Gasteiger partial charge < -0.3 is 9.52 Å². The lowest BCUT2D eigenvalue weighted by molar-refractivity contribution is -0.139. The van der Waals surface area contributed by atoms with E-state index in [1.54, 1.807) is 0 Å². The molecule has 1 unspecified atom stereocenters. The normalized spacial score (nSPS) is 22.9. The highest BCUT2D eigenvalue weighted by atomic mass is 16.4. The van der Waals surface area contributed by atoms with Gasteiger partial charge in [0.25, 0.3) is 0 Å². The molecule has 1 aromatic rings. The van der Waals surface area contributed by atoms with Crippen molar-refractivity contribution in [2.45, 2.75) is 64.2 Å². The van der Waals surface area contributed by atoms with Crippen LogP contribution in [0.1, 0.15) is 69.6 Å². The van der Waals surface area contributed by atoms with Crippen LogP contribution in [0.5, 0.6) is 0 Å². The Balaban J connectivity index is 1.70. The molecule has 0 saturated heterocycles. The minimum absolute atomic E-state index is 0.168. The van der Waals surface area contributed by atoms with Crippen molar-refractivity contribution in [1.29, 1.82) is 0 Å². The van der Waals surface area contributed by atoms with Gasteiger partial charge in [-0.3, -0.25) is 4.79 Å². The van der Waals surface area contributed by atoms with E-state index in [2.05, 4.69) is 17.1 Å². The molecule has 5 nitrogen and oxygen atoms in total. The summed E-state index contributed by atoms with van der Waals surface area (Å²) >= 11 is 0. The smallest absolute Gasteiger partial charge is 0.303 e. The molecule has 20 heavy (non-hydrogen) atoms. The summed E-state index contributed by atoms with van der Waals surface area (Å²) < 4.78 is 5.80. The van der Waals surface area contributed by atoms with Crippen molar-refractivity contribution in [3.8, 4) is 0 Å². The molecule has 1 N–H and O–H groups in total. The van der Waals surface area contributed by atoms with Crippen LogP contribution in [-0.2, 0) is 11.2 Å². The fraction of sp³-hybridized carbons (Fsp3) is 0.800. The zero-order valence-corrected chi connectivity index (χ0v) is 12.0. The summed E-state index contributed by atoms with van der Waals surface area (Å²) in [5.41, 5.74) is -0.168. The number of carboxylic acids is 1. The number of rotatable bonds is 6. The van der Waals surface area contributed by atoms with E-state index in [4.69, 9.17) is 9.52 Å². The van der Waals surface area contributed by atoms with Gasteiger partial charge in [-0.2, -0.15) is 0 Å². The summed E-state index contributed by atoms with van der Waals surface area (Å²) in [5, 5.41) is 17.4. The van der Waals surface area contributed by atoms with Gasteiger partial charge in [0, 0.05) is 12.3 Å². The molecular formula is C15H22N2O3. The highest BCUT2D eigenvalue weighted by Gasteiger charge is 2.38. The third-order valence-corrected chi connectivity index (χ3v) is 4.92. The molecule has 2 saturated carbocycles. The van der Waals surface area contributed by atoms with Gasteiger partial charge in [-0.25, -0.2) is 0 Å². The van der Waals surface area contributed by atoms with E-state index in [1.165, 1.54) is 12.8 Å².